The van der Waals surface area contributed by atoms with E-state index in [1.807, 2.05) is 13.0 Å². The van der Waals surface area contributed by atoms with Crippen LogP contribution in [0.15, 0.2) is 18.5 Å². The highest BCUT2D eigenvalue weighted by Gasteiger charge is 2.33. The molecule has 1 fully saturated rings. The van der Waals surface area contributed by atoms with Crippen molar-refractivity contribution in [2.75, 3.05) is 11.9 Å². The van der Waals surface area contributed by atoms with E-state index in [1.165, 1.54) is 0 Å². The van der Waals surface area contributed by atoms with Crippen molar-refractivity contribution < 1.29 is 9.53 Å². The number of aryl methyl sites for hydroxylation is 1. The molecule has 1 aromatic rings. The van der Waals surface area contributed by atoms with E-state index >= 15 is 0 Å². The Kier molecular flexibility index (Phi) is 4.53. The number of hydrogen-bond acceptors (Lipinski definition) is 3. The third kappa shape index (κ3) is 3.32. The molecule has 4 heteroatoms. The minimum absolute atomic E-state index is 0.0192. The number of hydrogen-bond donors (Lipinski definition) is 1. The van der Waals surface area contributed by atoms with Crippen molar-refractivity contribution in [2.45, 2.75) is 39.7 Å². The predicted octanol–water partition coefficient (Wildman–Crippen LogP) is 2.78. The van der Waals surface area contributed by atoms with E-state index in [1.54, 1.807) is 12.4 Å². The van der Waals surface area contributed by atoms with Crippen LogP contribution in [0.4, 0.5) is 5.69 Å². The summed E-state index contributed by atoms with van der Waals surface area (Å²) >= 11 is 0. The normalized spacial score (nSPS) is 23.4. The van der Waals surface area contributed by atoms with Crippen molar-refractivity contribution in [2.24, 2.45) is 11.8 Å². The average molecular weight is 262 g/mol. The van der Waals surface area contributed by atoms with E-state index in [4.69, 9.17) is 4.74 Å². The van der Waals surface area contributed by atoms with Gasteiger partial charge in [0.05, 0.1) is 23.9 Å². The number of carbonyl (C=O) groups excluding carboxylic acids is 1. The highest BCUT2D eigenvalue weighted by molar-refractivity contribution is 5.93. The molecule has 1 saturated heterocycles. The number of aromatic nitrogens is 1. The Morgan fingerprint density at radius 3 is 3.00 bits per heavy atom. The highest BCUT2D eigenvalue weighted by atomic mass is 16.5. The van der Waals surface area contributed by atoms with Crippen LogP contribution in [0.5, 0.6) is 0 Å². The monoisotopic (exact) mass is 262 g/mol. The van der Waals surface area contributed by atoms with Gasteiger partial charge in [0, 0.05) is 12.8 Å². The molecule has 2 atom stereocenters. The van der Waals surface area contributed by atoms with Crippen LogP contribution in [0.2, 0.25) is 0 Å². The molecule has 1 aromatic heterocycles. The smallest absolute Gasteiger partial charge is 0.230 e. The molecule has 0 unspecified atom stereocenters. The topological polar surface area (TPSA) is 51.2 Å². The Bertz CT molecular complexity index is 446. The SMILES string of the molecule is Cc1ccncc1NC(=O)[C@H]1CCCO[C@@H]1C(C)C. The predicted molar refractivity (Wildman–Crippen MR) is 74.9 cm³/mol. The molecule has 0 radical (unpaired) electrons. The number of amides is 1. The summed E-state index contributed by atoms with van der Waals surface area (Å²) in [5.74, 6) is 0.342. The number of carbonyl (C=O) groups is 1. The van der Waals surface area contributed by atoms with Gasteiger partial charge in [0.2, 0.25) is 5.91 Å². The summed E-state index contributed by atoms with van der Waals surface area (Å²) in [6, 6.07) is 1.90. The Morgan fingerprint density at radius 1 is 1.53 bits per heavy atom. The van der Waals surface area contributed by atoms with Crippen molar-refractivity contribution in [3.05, 3.63) is 24.0 Å². The van der Waals surface area contributed by atoms with Crippen LogP contribution in [0, 0.1) is 18.8 Å². The van der Waals surface area contributed by atoms with Crippen molar-refractivity contribution in [3.8, 4) is 0 Å². The van der Waals surface area contributed by atoms with E-state index < -0.39 is 0 Å². The molecule has 104 valence electrons. The quantitative estimate of drug-likeness (QED) is 0.911. The fourth-order valence-electron chi connectivity index (χ4n) is 2.56. The maximum atomic E-state index is 12.4. The zero-order valence-corrected chi connectivity index (χ0v) is 11.8. The second-order valence-corrected chi connectivity index (χ2v) is 5.51. The van der Waals surface area contributed by atoms with E-state index in [2.05, 4.69) is 24.1 Å². The third-order valence-electron chi connectivity index (χ3n) is 3.66. The fraction of sp³-hybridized carbons (Fsp3) is 0.600. The molecule has 0 aliphatic carbocycles. The first-order valence-corrected chi connectivity index (χ1v) is 6.92. The molecule has 1 amide bonds. The molecular weight excluding hydrogens is 240 g/mol. The molecule has 0 saturated carbocycles. The van der Waals surface area contributed by atoms with E-state index in [0.29, 0.717) is 5.92 Å². The van der Waals surface area contributed by atoms with E-state index in [0.717, 1.165) is 30.7 Å². The van der Waals surface area contributed by atoms with Crippen LogP contribution in [0.1, 0.15) is 32.3 Å². The Labute approximate surface area is 114 Å². The van der Waals surface area contributed by atoms with Crippen LogP contribution in [-0.4, -0.2) is 23.6 Å². The fourth-order valence-corrected chi connectivity index (χ4v) is 2.56. The van der Waals surface area contributed by atoms with Crippen molar-refractivity contribution >= 4 is 11.6 Å². The molecule has 1 N–H and O–H groups in total. The average Bonchev–Trinajstić information content (AvgIpc) is 2.41. The van der Waals surface area contributed by atoms with Gasteiger partial charge >= 0.3 is 0 Å². The maximum Gasteiger partial charge on any atom is 0.230 e. The number of pyridine rings is 1. The molecule has 0 bridgehead atoms. The van der Waals surface area contributed by atoms with Crippen molar-refractivity contribution in [3.63, 3.8) is 0 Å². The number of nitrogens with one attached hydrogen (secondary N) is 1. The largest absolute Gasteiger partial charge is 0.377 e. The van der Waals surface area contributed by atoms with Gasteiger partial charge in [-0.1, -0.05) is 13.8 Å². The van der Waals surface area contributed by atoms with Crippen LogP contribution in [0.25, 0.3) is 0 Å². The van der Waals surface area contributed by atoms with Gasteiger partial charge in [-0.3, -0.25) is 9.78 Å². The van der Waals surface area contributed by atoms with E-state index in [-0.39, 0.29) is 17.9 Å². The molecule has 1 aliphatic heterocycles. The van der Waals surface area contributed by atoms with Gasteiger partial charge < -0.3 is 10.1 Å². The van der Waals surface area contributed by atoms with Crippen LogP contribution in [-0.2, 0) is 9.53 Å². The minimum Gasteiger partial charge on any atom is -0.377 e. The number of rotatable bonds is 3. The van der Waals surface area contributed by atoms with Crippen LogP contribution >= 0.6 is 0 Å². The minimum atomic E-state index is -0.0617. The van der Waals surface area contributed by atoms with Crippen LogP contribution < -0.4 is 5.32 Å². The molecule has 4 nitrogen and oxygen atoms in total. The summed E-state index contributed by atoms with van der Waals surface area (Å²) in [7, 11) is 0. The standard InChI is InChI=1S/C15H22N2O2/c1-10(2)14-12(5-4-8-19-14)15(18)17-13-9-16-7-6-11(13)3/h6-7,9-10,12,14H,4-5,8H2,1-3H3,(H,17,18)/t12-,14+/m0/s1. The molecule has 2 rings (SSSR count). The maximum absolute atomic E-state index is 12.4. The van der Waals surface area contributed by atoms with Crippen molar-refractivity contribution in [1.29, 1.82) is 0 Å². The molecule has 19 heavy (non-hydrogen) atoms. The van der Waals surface area contributed by atoms with Gasteiger partial charge in [-0.25, -0.2) is 0 Å². The number of anilines is 1. The van der Waals surface area contributed by atoms with E-state index in [9.17, 15) is 4.79 Å². The highest BCUT2D eigenvalue weighted by Crippen LogP contribution is 2.27. The summed E-state index contributed by atoms with van der Waals surface area (Å²) in [4.78, 5) is 16.5. The summed E-state index contributed by atoms with van der Waals surface area (Å²) in [6.45, 7) is 6.93. The molecule has 0 spiro atoms. The lowest BCUT2D eigenvalue weighted by Crippen LogP contribution is -2.41. The van der Waals surface area contributed by atoms with Crippen LogP contribution in [0.3, 0.4) is 0 Å². The molecule has 1 aliphatic rings. The first kappa shape index (κ1) is 14.0. The summed E-state index contributed by atoms with van der Waals surface area (Å²) in [5, 5.41) is 2.98. The molecule has 0 aromatic carbocycles. The van der Waals surface area contributed by atoms with Gasteiger partial charge in [0.25, 0.3) is 0 Å². The van der Waals surface area contributed by atoms with Gasteiger partial charge in [-0.15, -0.1) is 0 Å². The summed E-state index contributed by atoms with van der Waals surface area (Å²) in [6.07, 6.45) is 5.29. The van der Waals surface area contributed by atoms with Gasteiger partial charge in [-0.05, 0) is 37.3 Å². The second-order valence-electron chi connectivity index (χ2n) is 5.51. The lowest BCUT2D eigenvalue weighted by molar-refractivity contribution is -0.131. The lowest BCUT2D eigenvalue weighted by Gasteiger charge is -2.33. The van der Waals surface area contributed by atoms with Gasteiger partial charge in [0.1, 0.15) is 0 Å². The summed E-state index contributed by atoms with van der Waals surface area (Å²) < 4.78 is 5.76. The number of ether oxygens (including phenoxy) is 1. The molecule has 2 heterocycles. The van der Waals surface area contributed by atoms with Gasteiger partial charge in [-0.2, -0.15) is 0 Å². The zero-order valence-electron chi connectivity index (χ0n) is 11.8. The molecular formula is C15H22N2O2. The second kappa shape index (κ2) is 6.15. The first-order chi connectivity index (χ1) is 9.09. The Hall–Kier alpha value is -1.42. The Morgan fingerprint density at radius 2 is 2.32 bits per heavy atom. The first-order valence-electron chi connectivity index (χ1n) is 6.92. The Balaban J connectivity index is 2.08. The summed E-state index contributed by atoms with van der Waals surface area (Å²) in [5.41, 5.74) is 1.82. The third-order valence-corrected chi connectivity index (χ3v) is 3.66. The van der Waals surface area contributed by atoms with Crippen molar-refractivity contribution in [1.82, 2.24) is 4.98 Å². The lowest BCUT2D eigenvalue weighted by atomic mass is 9.86. The zero-order chi connectivity index (χ0) is 13.8. The van der Waals surface area contributed by atoms with Gasteiger partial charge in [0.15, 0.2) is 0 Å². The number of nitrogens with zero attached hydrogens (tertiary/aromatic N) is 1.